The predicted octanol–water partition coefficient (Wildman–Crippen LogP) is 3.39. The van der Waals surface area contributed by atoms with E-state index < -0.39 is 23.7 Å². The Labute approximate surface area is 145 Å². The molecular weight excluding hydrogens is 333 g/mol. The lowest BCUT2D eigenvalue weighted by molar-refractivity contribution is -0.137. The summed E-state index contributed by atoms with van der Waals surface area (Å²) in [5.74, 6) is -0.358. The number of hydrogen-bond acceptors (Lipinski definition) is 2. The van der Waals surface area contributed by atoms with Crippen molar-refractivity contribution >= 4 is 11.8 Å². The zero-order valence-electron chi connectivity index (χ0n) is 14.6. The van der Waals surface area contributed by atoms with Crippen LogP contribution >= 0.6 is 0 Å². The molecule has 0 aliphatic carbocycles. The molecule has 1 aromatic carbocycles. The van der Waals surface area contributed by atoms with Crippen LogP contribution in [-0.2, 0) is 15.8 Å². The molecule has 2 amide bonds. The highest BCUT2D eigenvalue weighted by molar-refractivity contribution is 5.89. The highest BCUT2D eigenvalue weighted by atomic mass is 19.4. The van der Waals surface area contributed by atoms with Crippen molar-refractivity contribution in [2.45, 2.75) is 39.4 Å². The van der Waals surface area contributed by atoms with Gasteiger partial charge in [-0.3, -0.25) is 9.59 Å². The van der Waals surface area contributed by atoms with Crippen LogP contribution in [0.4, 0.5) is 13.2 Å². The molecule has 0 bridgehead atoms. The van der Waals surface area contributed by atoms with E-state index >= 15 is 0 Å². The fourth-order valence-corrected chi connectivity index (χ4v) is 2.94. The molecule has 1 aliphatic heterocycles. The number of amides is 2. The maximum absolute atomic E-state index is 12.6. The molecule has 2 rings (SSSR count). The highest BCUT2D eigenvalue weighted by Gasteiger charge is 2.35. The molecule has 4 nitrogen and oxygen atoms in total. The van der Waals surface area contributed by atoms with Crippen molar-refractivity contribution in [2.24, 2.45) is 11.8 Å². The second kappa shape index (κ2) is 7.45. The fraction of sp³-hybridized carbons (Fsp3) is 0.556. The number of nitrogens with one attached hydrogen (secondary N) is 1. The molecule has 1 heterocycles. The Hall–Kier alpha value is -2.05. The van der Waals surface area contributed by atoms with Crippen LogP contribution in [0.3, 0.4) is 0 Å². The molecule has 1 saturated heterocycles. The first kappa shape index (κ1) is 19.3. The van der Waals surface area contributed by atoms with E-state index in [2.05, 4.69) is 5.32 Å². The lowest BCUT2D eigenvalue weighted by Crippen LogP contribution is -2.35. The van der Waals surface area contributed by atoms with Gasteiger partial charge >= 0.3 is 6.18 Å². The highest BCUT2D eigenvalue weighted by Crippen LogP contribution is 2.30. The Bertz CT molecular complexity index is 626. The molecule has 1 aliphatic rings. The summed E-state index contributed by atoms with van der Waals surface area (Å²) < 4.78 is 37.8. The zero-order chi connectivity index (χ0) is 18.8. The normalized spacial score (nSPS) is 19.4. The summed E-state index contributed by atoms with van der Waals surface area (Å²) in [6.45, 7) is 6.74. The molecular formula is C18H23F3N2O2. The molecule has 0 spiro atoms. The number of benzene rings is 1. The molecule has 1 fully saturated rings. The Balaban J connectivity index is 1.95. The predicted molar refractivity (Wildman–Crippen MR) is 87.5 cm³/mol. The van der Waals surface area contributed by atoms with Crippen molar-refractivity contribution in [1.29, 1.82) is 0 Å². The average Bonchev–Trinajstić information content (AvgIpc) is 2.87. The third kappa shape index (κ3) is 4.96. The monoisotopic (exact) mass is 356 g/mol. The van der Waals surface area contributed by atoms with Gasteiger partial charge in [0.15, 0.2) is 0 Å². The molecule has 7 heteroatoms. The van der Waals surface area contributed by atoms with Gasteiger partial charge in [-0.15, -0.1) is 0 Å². The van der Waals surface area contributed by atoms with E-state index in [1.807, 2.05) is 13.8 Å². The molecule has 2 atom stereocenters. The van der Waals surface area contributed by atoms with Crippen LogP contribution in [0.2, 0.25) is 0 Å². The van der Waals surface area contributed by atoms with Crippen LogP contribution in [0.1, 0.15) is 44.4 Å². The molecule has 25 heavy (non-hydrogen) atoms. The molecule has 0 saturated carbocycles. The maximum Gasteiger partial charge on any atom is 0.416 e. The van der Waals surface area contributed by atoms with Crippen molar-refractivity contribution in [3.8, 4) is 0 Å². The summed E-state index contributed by atoms with van der Waals surface area (Å²) in [7, 11) is 0. The van der Waals surface area contributed by atoms with E-state index in [1.54, 1.807) is 11.8 Å². The van der Waals surface area contributed by atoms with Crippen LogP contribution in [0, 0.1) is 11.8 Å². The first-order valence-electron chi connectivity index (χ1n) is 8.33. The van der Waals surface area contributed by atoms with Crippen molar-refractivity contribution in [1.82, 2.24) is 10.2 Å². The minimum absolute atomic E-state index is 0.0315. The van der Waals surface area contributed by atoms with E-state index in [1.165, 1.54) is 12.1 Å². The summed E-state index contributed by atoms with van der Waals surface area (Å²) in [5, 5.41) is 2.79. The van der Waals surface area contributed by atoms with Gasteiger partial charge in [0, 0.05) is 19.5 Å². The summed E-state index contributed by atoms with van der Waals surface area (Å²) >= 11 is 0. The number of halogens is 3. The molecule has 0 unspecified atom stereocenters. The lowest BCUT2D eigenvalue weighted by atomic mass is 10.0. The molecule has 0 radical (unpaired) electrons. The van der Waals surface area contributed by atoms with E-state index in [4.69, 9.17) is 0 Å². The van der Waals surface area contributed by atoms with E-state index in [0.29, 0.717) is 24.6 Å². The Morgan fingerprint density at radius 3 is 2.36 bits per heavy atom. The third-order valence-electron chi connectivity index (χ3n) is 4.27. The van der Waals surface area contributed by atoms with Gasteiger partial charge in [0.1, 0.15) is 0 Å². The number of hydrogen-bond donors (Lipinski definition) is 1. The van der Waals surface area contributed by atoms with E-state index in [9.17, 15) is 22.8 Å². The topological polar surface area (TPSA) is 49.4 Å². The van der Waals surface area contributed by atoms with Crippen molar-refractivity contribution in [2.75, 3.05) is 13.1 Å². The first-order valence-corrected chi connectivity index (χ1v) is 8.33. The van der Waals surface area contributed by atoms with Gasteiger partial charge in [-0.25, -0.2) is 0 Å². The molecule has 1 aromatic rings. The SMILES string of the molecule is CC(C)CN1C[C@@H](C(=O)N[C@@H](C)c2ccc(C(F)(F)F)cc2)CC1=O. The van der Waals surface area contributed by atoms with Gasteiger partial charge in [-0.1, -0.05) is 26.0 Å². The second-order valence-corrected chi connectivity index (χ2v) is 6.94. The van der Waals surface area contributed by atoms with Crippen LogP contribution < -0.4 is 5.32 Å². The molecule has 1 N–H and O–H groups in total. The fourth-order valence-electron chi connectivity index (χ4n) is 2.94. The Morgan fingerprint density at radius 2 is 1.84 bits per heavy atom. The van der Waals surface area contributed by atoms with Crippen LogP contribution in [0.25, 0.3) is 0 Å². The maximum atomic E-state index is 12.6. The number of carbonyl (C=O) groups is 2. The average molecular weight is 356 g/mol. The van der Waals surface area contributed by atoms with E-state index in [-0.39, 0.29) is 18.2 Å². The van der Waals surface area contributed by atoms with Gasteiger partial charge in [0.05, 0.1) is 17.5 Å². The van der Waals surface area contributed by atoms with Gasteiger partial charge in [0.2, 0.25) is 11.8 Å². The quantitative estimate of drug-likeness (QED) is 0.879. The third-order valence-corrected chi connectivity index (χ3v) is 4.27. The van der Waals surface area contributed by atoms with Crippen LogP contribution in [0.15, 0.2) is 24.3 Å². The van der Waals surface area contributed by atoms with Gasteiger partial charge in [0.25, 0.3) is 0 Å². The summed E-state index contributed by atoms with van der Waals surface area (Å²) in [4.78, 5) is 26.0. The van der Waals surface area contributed by atoms with Crippen LogP contribution in [-0.4, -0.2) is 29.8 Å². The minimum Gasteiger partial charge on any atom is -0.349 e. The van der Waals surface area contributed by atoms with Crippen molar-refractivity contribution in [3.63, 3.8) is 0 Å². The van der Waals surface area contributed by atoms with Gasteiger partial charge in [-0.2, -0.15) is 13.2 Å². The smallest absolute Gasteiger partial charge is 0.349 e. The summed E-state index contributed by atoms with van der Waals surface area (Å²) in [6, 6.07) is 4.30. The molecule has 0 aromatic heterocycles. The second-order valence-electron chi connectivity index (χ2n) is 6.94. The number of nitrogens with zero attached hydrogens (tertiary/aromatic N) is 1. The number of likely N-dealkylation sites (tertiary alicyclic amines) is 1. The summed E-state index contributed by atoms with van der Waals surface area (Å²) in [6.07, 6.45) is -4.20. The van der Waals surface area contributed by atoms with Crippen molar-refractivity contribution < 1.29 is 22.8 Å². The number of rotatable bonds is 5. The number of carbonyl (C=O) groups excluding carboxylic acids is 2. The van der Waals surface area contributed by atoms with Crippen molar-refractivity contribution in [3.05, 3.63) is 35.4 Å². The van der Waals surface area contributed by atoms with E-state index in [0.717, 1.165) is 12.1 Å². The van der Waals surface area contributed by atoms with Crippen LogP contribution in [0.5, 0.6) is 0 Å². The summed E-state index contributed by atoms with van der Waals surface area (Å²) in [5.41, 5.74) is -0.134. The zero-order valence-corrected chi connectivity index (χ0v) is 14.6. The number of alkyl halides is 3. The Kier molecular flexibility index (Phi) is 5.75. The standard InChI is InChI=1S/C18H23F3N2O2/c1-11(2)9-23-10-14(8-16(23)24)17(25)22-12(3)13-4-6-15(7-5-13)18(19,20)21/h4-7,11-12,14H,8-10H2,1-3H3,(H,22,25)/t12-,14-/m0/s1. The largest absolute Gasteiger partial charge is 0.416 e. The molecule has 138 valence electrons. The lowest BCUT2D eigenvalue weighted by Gasteiger charge is -2.20. The first-order chi connectivity index (χ1) is 11.6. The minimum atomic E-state index is -4.38. The Morgan fingerprint density at radius 1 is 1.24 bits per heavy atom. The van der Waals surface area contributed by atoms with Gasteiger partial charge in [-0.05, 0) is 30.5 Å². The van der Waals surface area contributed by atoms with Gasteiger partial charge < -0.3 is 10.2 Å².